The molecule has 3 heteroatoms. The second-order valence-electron chi connectivity index (χ2n) is 2.80. The van der Waals surface area contributed by atoms with Gasteiger partial charge in [0.1, 0.15) is 0 Å². The molecule has 0 atom stereocenters. The average molecular weight is 162 g/mol. The van der Waals surface area contributed by atoms with Crippen molar-refractivity contribution in [2.45, 2.75) is 6.92 Å². The lowest BCUT2D eigenvalue weighted by molar-refractivity contribution is 0.443. The van der Waals surface area contributed by atoms with E-state index >= 15 is 0 Å². The largest absolute Gasteiger partial charge is 0.433 e. The fourth-order valence-electron chi connectivity index (χ4n) is 1.46. The Morgan fingerprint density at radius 1 is 1.17 bits per heavy atom. The van der Waals surface area contributed by atoms with Gasteiger partial charge in [-0.2, -0.15) is 0 Å². The molecular formula is C9H6O3. The van der Waals surface area contributed by atoms with Crippen molar-refractivity contribution < 1.29 is 13.3 Å². The van der Waals surface area contributed by atoms with Gasteiger partial charge in [0.25, 0.3) is 0 Å². The quantitative estimate of drug-likeness (QED) is 0.509. The number of fused-ring (bicyclic) bond motifs is 3. The maximum absolute atomic E-state index is 5.28. The van der Waals surface area contributed by atoms with E-state index in [-0.39, 0.29) is 0 Å². The molecule has 3 heterocycles. The fourth-order valence-corrected chi connectivity index (χ4v) is 1.46. The molecule has 0 fully saturated rings. The zero-order valence-corrected chi connectivity index (χ0v) is 6.46. The van der Waals surface area contributed by atoms with Crippen LogP contribution in [0.15, 0.2) is 31.8 Å². The highest BCUT2D eigenvalue weighted by molar-refractivity contribution is 6.03. The summed E-state index contributed by atoms with van der Waals surface area (Å²) in [5, 5.41) is 2.00. The van der Waals surface area contributed by atoms with Gasteiger partial charge in [-0.3, -0.25) is 0 Å². The van der Waals surface area contributed by atoms with Crippen LogP contribution in [0, 0.1) is 6.92 Å². The first-order chi connectivity index (χ1) is 5.86. The van der Waals surface area contributed by atoms with Crippen LogP contribution in [0.1, 0.15) is 5.56 Å². The van der Waals surface area contributed by atoms with Gasteiger partial charge in [-0.05, 0) is 18.6 Å². The molecule has 60 valence electrons. The lowest BCUT2D eigenvalue weighted by Crippen LogP contribution is -1.59. The van der Waals surface area contributed by atoms with Gasteiger partial charge in [0.15, 0.2) is 0 Å². The van der Waals surface area contributed by atoms with Gasteiger partial charge in [0.05, 0.1) is 23.3 Å². The molecule has 0 aromatic carbocycles. The summed E-state index contributed by atoms with van der Waals surface area (Å²) in [4.78, 5) is 0. The molecule has 0 spiro atoms. The van der Waals surface area contributed by atoms with Crippen molar-refractivity contribution in [1.29, 1.82) is 0 Å². The van der Waals surface area contributed by atoms with E-state index in [0.717, 1.165) is 16.3 Å². The van der Waals surface area contributed by atoms with E-state index in [4.69, 9.17) is 13.3 Å². The van der Waals surface area contributed by atoms with Crippen LogP contribution in [0.25, 0.3) is 22.3 Å². The highest BCUT2D eigenvalue weighted by Crippen LogP contribution is 2.32. The van der Waals surface area contributed by atoms with Crippen molar-refractivity contribution in [2.24, 2.45) is 0 Å². The summed E-state index contributed by atoms with van der Waals surface area (Å²) in [6.07, 6.45) is 3.29. The number of hydrogen-bond donors (Lipinski definition) is 0. The van der Waals surface area contributed by atoms with Crippen LogP contribution in [0.3, 0.4) is 0 Å². The van der Waals surface area contributed by atoms with Gasteiger partial charge in [-0.1, -0.05) is 0 Å². The second kappa shape index (κ2) is 1.75. The number of furan rings is 3. The molecule has 0 saturated carbocycles. The molecule has 0 saturated heterocycles. The van der Waals surface area contributed by atoms with Crippen LogP contribution < -0.4 is 0 Å². The lowest BCUT2D eigenvalue weighted by atomic mass is 10.2. The predicted octanol–water partition coefficient (Wildman–Crippen LogP) is 3.08. The number of rotatable bonds is 0. The van der Waals surface area contributed by atoms with Crippen molar-refractivity contribution in [1.82, 2.24) is 0 Å². The maximum atomic E-state index is 5.28. The lowest BCUT2D eigenvalue weighted by Gasteiger charge is -1.75. The Kier molecular flexibility index (Phi) is 0.864. The van der Waals surface area contributed by atoms with Crippen molar-refractivity contribution in [3.8, 4) is 0 Å². The molecule has 3 aromatic rings. The molecule has 0 aliphatic heterocycles. The highest BCUT2D eigenvalue weighted by Gasteiger charge is 2.14. The molecule has 0 amide bonds. The van der Waals surface area contributed by atoms with Crippen molar-refractivity contribution >= 4 is 22.3 Å². The van der Waals surface area contributed by atoms with E-state index in [1.165, 1.54) is 0 Å². The first-order valence-electron chi connectivity index (χ1n) is 3.70. The van der Waals surface area contributed by atoms with E-state index < -0.39 is 0 Å². The third kappa shape index (κ3) is 0.525. The van der Waals surface area contributed by atoms with E-state index in [9.17, 15) is 0 Å². The summed E-state index contributed by atoms with van der Waals surface area (Å²) in [7, 11) is 0. The Balaban J connectivity index is 2.71. The smallest absolute Gasteiger partial charge is 0.300 e. The Morgan fingerprint density at radius 2 is 2.08 bits per heavy atom. The Morgan fingerprint density at radius 3 is 3.00 bits per heavy atom. The molecular weight excluding hydrogens is 156 g/mol. The van der Waals surface area contributed by atoms with E-state index in [1.54, 1.807) is 12.5 Å². The average Bonchev–Trinajstić information content (AvgIpc) is 2.61. The summed E-state index contributed by atoms with van der Waals surface area (Å²) < 4.78 is 15.5. The number of aryl methyl sites for hydroxylation is 1. The molecule has 12 heavy (non-hydrogen) atoms. The van der Waals surface area contributed by atoms with E-state index in [1.807, 2.05) is 13.0 Å². The Bertz CT molecular complexity index is 538. The minimum Gasteiger partial charge on any atom is -0.433 e. The number of hydrogen-bond acceptors (Lipinski definition) is 3. The van der Waals surface area contributed by atoms with Crippen molar-refractivity contribution in [2.75, 3.05) is 0 Å². The van der Waals surface area contributed by atoms with Crippen LogP contribution in [0.2, 0.25) is 0 Å². The summed E-state index contributed by atoms with van der Waals surface area (Å²) in [6.45, 7) is 1.98. The molecule has 0 bridgehead atoms. The standard InChI is InChI=1S/C9H6O3/c1-5-4-11-9-7(5)6-2-3-10-8(6)12-9/h2-4H,1H3. The van der Waals surface area contributed by atoms with Crippen molar-refractivity contribution in [3.05, 3.63) is 24.2 Å². The first-order valence-corrected chi connectivity index (χ1v) is 3.70. The van der Waals surface area contributed by atoms with Crippen LogP contribution in [0.4, 0.5) is 0 Å². The first kappa shape index (κ1) is 5.94. The summed E-state index contributed by atoms with van der Waals surface area (Å²) in [5.41, 5.74) is 1.07. The SMILES string of the molecule is Cc1coc2oc3occc3c12. The van der Waals surface area contributed by atoms with Gasteiger partial charge < -0.3 is 13.3 Å². The van der Waals surface area contributed by atoms with Gasteiger partial charge >= 0.3 is 11.6 Å². The molecule has 3 aromatic heterocycles. The van der Waals surface area contributed by atoms with Crippen LogP contribution >= 0.6 is 0 Å². The molecule has 0 N–H and O–H groups in total. The molecule has 3 rings (SSSR count). The predicted molar refractivity (Wildman–Crippen MR) is 43.0 cm³/mol. The minimum absolute atomic E-state index is 0.535. The van der Waals surface area contributed by atoms with Gasteiger partial charge in [0, 0.05) is 0 Å². The monoisotopic (exact) mass is 162 g/mol. The maximum Gasteiger partial charge on any atom is 0.300 e. The summed E-state index contributed by atoms with van der Waals surface area (Å²) in [5.74, 6) is 1.08. The van der Waals surface area contributed by atoms with Crippen LogP contribution in [-0.4, -0.2) is 0 Å². The molecule has 0 unspecified atom stereocenters. The van der Waals surface area contributed by atoms with Gasteiger partial charge in [0.2, 0.25) is 0 Å². The third-order valence-corrected chi connectivity index (χ3v) is 2.03. The molecule has 0 aliphatic rings. The third-order valence-electron chi connectivity index (χ3n) is 2.03. The Hall–Kier alpha value is -1.64. The highest BCUT2D eigenvalue weighted by atomic mass is 16.5. The summed E-state index contributed by atoms with van der Waals surface area (Å²) in [6, 6.07) is 1.88. The zero-order chi connectivity index (χ0) is 8.13. The molecule has 0 aliphatic carbocycles. The second-order valence-corrected chi connectivity index (χ2v) is 2.80. The summed E-state index contributed by atoms with van der Waals surface area (Å²) >= 11 is 0. The zero-order valence-electron chi connectivity index (χ0n) is 6.46. The van der Waals surface area contributed by atoms with Crippen LogP contribution in [0.5, 0.6) is 0 Å². The van der Waals surface area contributed by atoms with Gasteiger partial charge in [-0.15, -0.1) is 0 Å². The van der Waals surface area contributed by atoms with E-state index in [0.29, 0.717) is 11.6 Å². The molecule has 0 radical (unpaired) electrons. The van der Waals surface area contributed by atoms with E-state index in [2.05, 4.69) is 0 Å². The normalized spacial score (nSPS) is 11.8. The van der Waals surface area contributed by atoms with Crippen molar-refractivity contribution in [3.63, 3.8) is 0 Å². The van der Waals surface area contributed by atoms with Crippen LogP contribution in [-0.2, 0) is 0 Å². The van der Waals surface area contributed by atoms with Gasteiger partial charge in [-0.25, -0.2) is 0 Å². The minimum atomic E-state index is 0.535. The Labute approximate surface area is 67.5 Å². The topological polar surface area (TPSA) is 39.4 Å². The molecule has 3 nitrogen and oxygen atoms in total. The fraction of sp³-hybridized carbons (Fsp3) is 0.111.